The molecule has 0 spiro atoms. The summed E-state index contributed by atoms with van der Waals surface area (Å²) in [6.07, 6.45) is 4.81. The van der Waals surface area contributed by atoms with E-state index in [1.807, 2.05) is 0 Å². The van der Waals surface area contributed by atoms with Crippen molar-refractivity contribution in [1.29, 1.82) is 0 Å². The highest BCUT2D eigenvalue weighted by Gasteiger charge is 2.39. The van der Waals surface area contributed by atoms with E-state index in [4.69, 9.17) is 4.52 Å². The van der Waals surface area contributed by atoms with Crippen molar-refractivity contribution in [3.63, 3.8) is 0 Å². The average molecular weight is 207 g/mol. The lowest BCUT2D eigenvalue weighted by atomic mass is 9.70. The molecular formula is C11H17N3O. The van der Waals surface area contributed by atoms with Gasteiger partial charge in [-0.3, -0.25) is 0 Å². The van der Waals surface area contributed by atoms with Crippen LogP contribution in [0.2, 0.25) is 0 Å². The molecule has 4 nitrogen and oxygen atoms in total. The van der Waals surface area contributed by atoms with Crippen LogP contribution < -0.4 is 5.32 Å². The zero-order chi connectivity index (χ0) is 10.3. The fourth-order valence-electron chi connectivity index (χ4n) is 2.44. The highest BCUT2D eigenvalue weighted by molar-refractivity contribution is 5.10. The maximum atomic E-state index is 5.40. The van der Waals surface area contributed by atoms with Crippen LogP contribution >= 0.6 is 0 Å². The third-order valence-electron chi connectivity index (χ3n) is 3.84. The molecule has 0 amide bonds. The van der Waals surface area contributed by atoms with Crippen LogP contribution in [0.1, 0.15) is 50.2 Å². The third-order valence-corrected chi connectivity index (χ3v) is 3.84. The van der Waals surface area contributed by atoms with Crippen molar-refractivity contribution in [2.45, 2.75) is 43.9 Å². The highest BCUT2D eigenvalue weighted by Crippen LogP contribution is 2.42. The van der Waals surface area contributed by atoms with E-state index < -0.39 is 0 Å². The molecule has 0 bridgehead atoms. The van der Waals surface area contributed by atoms with Crippen molar-refractivity contribution >= 4 is 0 Å². The minimum absolute atomic E-state index is 0.178. The maximum absolute atomic E-state index is 5.40. The smallest absolute Gasteiger partial charge is 0.232 e. The normalized spacial score (nSPS) is 29.0. The summed E-state index contributed by atoms with van der Waals surface area (Å²) in [5.74, 6) is 2.23. The van der Waals surface area contributed by atoms with Crippen molar-refractivity contribution < 1.29 is 4.52 Å². The van der Waals surface area contributed by atoms with Crippen LogP contribution in [0.3, 0.4) is 0 Å². The van der Waals surface area contributed by atoms with Gasteiger partial charge in [-0.25, -0.2) is 0 Å². The van der Waals surface area contributed by atoms with Gasteiger partial charge in [0.2, 0.25) is 5.89 Å². The van der Waals surface area contributed by atoms with Crippen molar-refractivity contribution in [3.8, 4) is 0 Å². The van der Waals surface area contributed by atoms with Crippen LogP contribution in [0.5, 0.6) is 0 Å². The van der Waals surface area contributed by atoms with Gasteiger partial charge in [0.1, 0.15) is 0 Å². The van der Waals surface area contributed by atoms with E-state index in [-0.39, 0.29) is 5.41 Å². The van der Waals surface area contributed by atoms with Gasteiger partial charge in [0.15, 0.2) is 5.82 Å². The van der Waals surface area contributed by atoms with Crippen LogP contribution in [-0.4, -0.2) is 23.2 Å². The van der Waals surface area contributed by atoms with E-state index in [0.29, 0.717) is 5.92 Å². The highest BCUT2D eigenvalue weighted by atomic mass is 16.5. The van der Waals surface area contributed by atoms with E-state index in [1.165, 1.54) is 19.3 Å². The Morgan fingerprint density at radius 1 is 1.47 bits per heavy atom. The van der Waals surface area contributed by atoms with E-state index >= 15 is 0 Å². The molecule has 2 aliphatic rings. The van der Waals surface area contributed by atoms with Crippen LogP contribution in [0.4, 0.5) is 0 Å². The Bertz CT molecular complexity index is 350. The molecule has 1 unspecified atom stereocenters. The second-order valence-corrected chi connectivity index (χ2v) is 5.06. The minimum Gasteiger partial charge on any atom is -0.339 e. The summed E-state index contributed by atoms with van der Waals surface area (Å²) in [5.41, 5.74) is 0.178. The van der Waals surface area contributed by atoms with Gasteiger partial charge in [-0.1, -0.05) is 18.5 Å². The Morgan fingerprint density at radius 2 is 2.33 bits per heavy atom. The Hall–Kier alpha value is -0.900. The van der Waals surface area contributed by atoms with Crippen LogP contribution in [0.15, 0.2) is 4.52 Å². The predicted octanol–water partition coefficient (Wildman–Crippen LogP) is 1.59. The maximum Gasteiger partial charge on any atom is 0.232 e. The summed E-state index contributed by atoms with van der Waals surface area (Å²) >= 11 is 0. The molecule has 1 aromatic rings. The molecule has 1 aliphatic heterocycles. The first-order valence-electron chi connectivity index (χ1n) is 5.83. The SMILES string of the molecule is CC1(c2nc(C3CCNC3)no2)CCC1. The Kier molecular flexibility index (Phi) is 2.06. The van der Waals surface area contributed by atoms with Gasteiger partial charge >= 0.3 is 0 Å². The standard InChI is InChI=1S/C11H17N3O/c1-11(4-2-5-11)10-13-9(14-15-10)8-3-6-12-7-8/h8,12H,2-7H2,1H3. The molecule has 1 aromatic heterocycles. The number of nitrogens with zero attached hydrogens (tertiary/aromatic N) is 2. The van der Waals surface area contributed by atoms with Gasteiger partial charge < -0.3 is 9.84 Å². The number of hydrogen-bond donors (Lipinski definition) is 1. The van der Waals surface area contributed by atoms with E-state index in [2.05, 4.69) is 22.4 Å². The summed E-state index contributed by atoms with van der Waals surface area (Å²) in [4.78, 5) is 4.57. The summed E-state index contributed by atoms with van der Waals surface area (Å²) in [5, 5.41) is 7.45. The molecule has 3 rings (SSSR count). The van der Waals surface area contributed by atoms with E-state index in [0.717, 1.165) is 31.2 Å². The fourth-order valence-corrected chi connectivity index (χ4v) is 2.44. The first kappa shape index (κ1) is 9.33. The Labute approximate surface area is 89.4 Å². The molecule has 1 saturated carbocycles. The Balaban J connectivity index is 1.80. The zero-order valence-electron chi connectivity index (χ0n) is 9.12. The summed E-state index contributed by atoms with van der Waals surface area (Å²) in [6, 6.07) is 0. The number of aromatic nitrogens is 2. The van der Waals surface area contributed by atoms with Gasteiger partial charge in [-0.05, 0) is 25.8 Å². The average Bonchev–Trinajstić information content (AvgIpc) is 2.84. The molecule has 4 heteroatoms. The minimum atomic E-state index is 0.178. The molecular weight excluding hydrogens is 190 g/mol. The van der Waals surface area contributed by atoms with Gasteiger partial charge in [0, 0.05) is 17.9 Å². The zero-order valence-corrected chi connectivity index (χ0v) is 9.12. The summed E-state index contributed by atoms with van der Waals surface area (Å²) < 4.78 is 5.40. The van der Waals surface area contributed by atoms with E-state index in [1.54, 1.807) is 0 Å². The van der Waals surface area contributed by atoms with Crippen molar-refractivity contribution in [2.24, 2.45) is 0 Å². The lowest BCUT2D eigenvalue weighted by molar-refractivity contribution is 0.194. The predicted molar refractivity (Wildman–Crippen MR) is 55.7 cm³/mol. The van der Waals surface area contributed by atoms with Gasteiger partial charge in [-0.2, -0.15) is 4.98 Å². The molecule has 1 saturated heterocycles. The largest absolute Gasteiger partial charge is 0.339 e. The Morgan fingerprint density at radius 3 is 2.93 bits per heavy atom. The summed E-state index contributed by atoms with van der Waals surface area (Å²) in [6.45, 7) is 4.29. The van der Waals surface area contributed by atoms with Crippen LogP contribution in [0, 0.1) is 0 Å². The lowest BCUT2D eigenvalue weighted by Crippen LogP contribution is -2.30. The molecule has 1 atom stereocenters. The first-order chi connectivity index (χ1) is 7.28. The van der Waals surface area contributed by atoms with Crippen molar-refractivity contribution in [3.05, 3.63) is 11.7 Å². The van der Waals surface area contributed by atoms with Crippen LogP contribution in [0.25, 0.3) is 0 Å². The molecule has 2 fully saturated rings. The molecule has 2 heterocycles. The monoisotopic (exact) mass is 207 g/mol. The quantitative estimate of drug-likeness (QED) is 0.800. The van der Waals surface area contributed by atoms with Crippen molar-refractivity contribution in [2.75, 3.05) is 13.1 Å². The van der Waals surface area contributed by atoms with Gasteiger partial charge in [0.25, 0.3) is 0 Å². The van der Waals surface area contributed by atoms with E-state index in [9.17, 15) is 0 Å². The second-order valence-electron chi connectivity index (χ2n) is 5.06. The topological polar surface area (TPSA) is 51.0 Å². The van der Waals surface area contributed by atoms with Gasteiger partial charge in [-0.15, -0.1) is 0 Å². The fraction of sp³-hybridized carbons (Fsp3) is 0.818. The molecule has 15 heavy (non-hydrogen) atoms. The molecule has 1 aliphatic carbocycles. The molecule has 0 aromatic carbocycles. The number of nitrogens with one attached hydrogen (secondary N) is 1. The molecule has 0 radical (unpaired) electrons. The number of hydrogen-bond acceptors (Lipinski definition) is 4. The second kappa shape index (κ2) is 3.30. The first-order valence-corrected chi connectivity index (χ1v) is 5.83. The van der Waals surface area contributed by atoms with Crippen molar-refractivity contribution in [1.82, 2.24) is 15.5 Å². The van der Waals surface area contributed by atoms with Crippen LogP contribution in [-0.2, 0) is 5.41 Å². The summed E-state index contributed by atoms with van der Waals surface area (Å²) in [7, 11) is 0. The molecule has 1 N–H and O–H groups in total. The third kappa shape index (κ3) is 1.47. The van der Waals surface area contributed by atoms with Gasteiger partial charge in [0.05, 0.1) is 0 Å². The molecule has 82 valence electrons. The number of rotatable bonds is 2. The lowest BCUT2D eigenvalue weighted by Gasteiger charge is -2.34.